The lowest BCUT2D eigenvalue weighted by Gasteiger charge is -2.18. The van der Waals surface area contributed by atoms with E-state index in [9.17, 15) is 0 Å². The van der Waals surface area contributed by atoms with Gasteiger partial charge in [0, 0.05) is 18.3 Å². The number of nitrogens with one attached hydrogen (secondary N) is 1. The molecule has 0 amide bonds. The Balaban J connectivity index is 1.80. The fraction of sp³-hybridized carbons (Fsp3) is 0.500. The maximum atomic E-state index is 4.25. The molecule has 0 radical (unpaired) electrons. The van der Waals surface area contributed by atoms with E-state index in [0.717, 1.165) is 25.3 Å². The van der Waals surface area contributed by atoms with Gasteiger partial charge in [0.1, 0.15) is 0 Å². The van der Waals surface area contributed by atoms with Crippen LogP contribution >= 0.6 is 0 Å². The molecule has 20 heavy (non-hydrogen) atoms. The molecule has 0 fully saturated rings. The van der Waals surface area contributed by atoms with Crippen LogP contribution in [0.5, 0.6) is 0 Å². The van der Waals surface area contributed by atoms with E-state index in [1.807, 2.05) is 7.05 Å². The van der Waals surface area contributed by atoms with Crippen molar-refractivity contribution in [1.82, 2.24) is 25.5 Å². The van der Waals surface area contributed by atoms with Crippen LogP contribution in [0.25, 0.3) is 0 Å². The maximum Gasteiger partial charge on any atom is 0.193 e. The Hall–Kier alpha value is -1.95. The molecule has 1 aliphatic rings. The van der Waals surface area contributed by atoms with Gasteiger partial charge in [0.05, 0.1) is 13.6 Å². The molecular formula is C14H20N6. The van der Waals surface area contributed by atoms with Gasteiger partial charge in [0.15, 0.2) is 5.82 Å². The van der Waals surface area contributed by atoms with Crippen molar-refractivity contribution in [2.24, 2.45) is 7.05 Å². The number of tetrazole rings is 1. The summed E-state index contributed by atoms with van der Waals surface area (Å²) in [5, 5.41) is 15.5. The Morgan fingerprint density at radius 2 is 2.25 bits per heavy atom. The van der Waals surface area contributed by atoms with E-state index in [4.69, 9.17) is 0 Å². The summed E-state index contributed by atoms with van der Waals surface area (Å²) in [7, 11) is 3.78. The third-order valence-corrected chi connectivity index (χ3v) is 3.91. The molecule has 106 valence electrons. The number of benzene rings is 1. The Morgan fingerprint density at radius 3 is 2.95 bits per heavy atom. The van der Waals surface area contributed by atoms with E-state index >= 15 is 0 Å². The van der Waals surface area contributed by atoms with Crippen LogP contribution in [-0.4, -0.2) is 33.8 Å². The molecule has 2 heterocycles. The summed E-state index contributed by atoms with van der Waals surface area (Å²) < 4.78 is 0. The average molecular weight is 272 g/mol. The van der Waals surface area contributed by atoms with Crippen LogP contribution in [0.2, 0.25) is 0 Å². The van der Waals surface area contributed by atoms with Crippen molar-refractivity contribution in [3.8, 4) is 0 Å². The molecule has 1 N–H and O–H groups in total. The highest BCUT2D eigenvalue weighted by Gasteiger charge is 2.21. The molecule has 1 aromatic carbocycles. The Kier molecular flexibility index (Phi) is 3.40. The number of hydrogen-bond acceptors (Lipinski definition) is 5. The smallest absolute Gasteiger partial charge is 0.193 e. The first-order valence-corrected chi connectivity index (χ1v) is 6.95. The molecule has 2 aromatic rings. The summed E-state index contributed by atoms with van der Waals surface area (Å²) >= 11 is 0. The second-order valence-electron chi connectivity index (χ2n) is 5.27. The van der Waals surface area contributed by atoms with Gasteiger partial charge in [0.25, 0.3) is 0 Å². The van der Waals surface area contributed by atoms with E-state index in [2.05, 4.69) is 50.8 Å². The Morgan fingerprint density at radius 1 is 1.40 bits per heavy atom. The summed E-state index contributed by atoms with van der Waals surface area (Å²) in [6, 6.07) is 7.10. The van der Waals surface area contributed by atoms with Crippen molar-refractivity contribution >= 4 is 5.69 Å². The van der Waals surface area contributed by atoms with Crippen LogP contribution in [0.4, 0.5) is 5.69 Å². The molecule has 0 aliphatic carbocycles. The fourth-order valence-corrected chi connectivity index (χ4v) is 2.65. The van der Waals surface area contributed by atoms with Crippen LogP contribution < -0.4 is 10.2 Å². The van der Waals surface area contributed by atoms with Gasteiger partial charge in [-0.1, -0.05) is 12.1 Å². The molecule has 0 bridgehead atoms. The van der Waals surface area contributed by atoms with Crippen molar-refractivity contribution in [1.29, 1.82) is 0 Å². The number of fused-ring (bicyclic) bond motifs is 1. The number of hydrogen-bond donors (Lipinski definition) is 1. The summed E-state index contributed by atoms with van der Waals surface area (Å²) in [6.07, 6.45) is 1.08. The van der Waals surface area contributed by atoms with Gasteiger partial charge in [-0.3, -0.25) is 0 Å². The minimum Gasteiger partial charge on any atom is -0.363 e. The van der Waals surface area contributed by atoms with Gasteiger partial charge in [-0.15, -0.1) is 10.2 Å². The predicted molar refractivity (Wildman–Crippen MR) is 77.5 cm³/mol. The first-order chi connectivity index (χ1) is 9.67. The highest BCUT2D eigenvalue weighted by atomic mass is 15.6. The van der Waals surface area contributed by atoms with Crippen LogP contribution in [0.1, 0.15) is 29.9 Å². The van der Waals surface area contributed by atoms with Gasteiger partial charge >= 0.3 is 0 Å². The minimum atomic E-state index is 0.385. The molecular weight excluding hydrogens is 252 g/mol. The lowest BCUT2D eigenvalue weighted by atomic mass is 10.0. The van der Waals surface area contributed by atoms with Crippen LogP contribution in [0, 0.1) is 0 Å². The Labute approximate surface area is 118 Å². The first kappa shape index (κ1) is 13.1. The number of anilines is 1. The van der Waals surface area contributed by atoms with Crippen LogP contribution in [-0.2, 0) is 20.0 Å². The monoisotopic (exact) mass is 272 g/mol. The van der Waals surface area contributed by atoms with Crippen molar-refractivity contribution in [2.75, 3.05) is 18.5 Å². The number of aryl methyl sites for hydroxylation is 1. The second kappa shape index (κ2) is 5.20. The largest absolute Gasteiger partial charge is 0.363 e. The van der Waals surface area contributed by atoms with Crippen LogP contribution in [0.3, 0.4) is 0 Å². The zero-order chi connectivity index (χ0) is 14.1. The number of nitrogens with zero attached hydrogens (tertiary/aromatic N) is 5. The molecule has 1 aliphatic heterocycles. The number of rotatable bonds is 4. The molecule has 0 saturated carbocycles. The molecule has 3 rings (SSSR count). The molecule has 1 aromatic heterocycles. The van der Waals surface area contributed by atoms with Crippen molar-refractivity contribution in [3.63, 3.8) is 0 Å². The predicted octanol–water partition coefficient (Wildman–Crippen LogP) is 1.05. The maximum absolute atomic E-state index is 4.25. The van der Waals surface area contributed by atoms with Gasteiger partial charge in [0.2, 0.25) is 0 Å². The molecule has 0 spiro atoms. The van der Waals surface area contributed by atoms with Gasteiger partial charge < -0.3 is 10.2 Å². The molecule has 1 atom stereocenters. The van der Waals surface area contributed by atoms with Gasteiger partial charge in [-0.25, -0.2) is 0 Å². The highest BCUT2D eigenvalue weighted by molar-refractivity contribution is 5.59. The lowest BCUT2D eigenvalue weighted by Crippen LogP contribution is -2.20. The van der Waals surface area contributed by atoms with Gasteiger partial charge in [-0.05, 0) is 42.8 Å². The standard InChI is InChI=1S/C14H20N6/c1-10(15-2)11-4-5-13-12(8-11)6-7-20(13)9-14-16-18-19(3)17-14/h4-5,8,10,15H,6-7,9H2,1-3H3. The van der Waals surface area contributed by atoms with E-state index in [0.29, 0.717) is 6.04 Å². The SMILES string of the molecule is CNC(C)c1ccc2c(c1)CCN2Cc1nnn(C)n1. The van der Waals surface area contributed by atoms with Crippen LogP contribution in [0.15, 0.2) is 18.2 Å². The summed E-state index contributed by atoms with van der Waals surface area (Å²) in [4.78, 5) is 3.82. The zero-order valence-electron chi connectivity index (χ0n) is 12.2. The van der Waals surface area contributed by atoms with E-state index < -0.39 is 0 Å². The van der Waals surface area contributed by atoms with Crippen molar-refractivity contribution in [2.45, 2.75) is 25.9 Å². The van der Waals surface area contributed by atoms with E-state index in [1.165, 1.54) is 21.6 Å². The summed E-state index contributed by atoms with van der Waals surface area (Å²) in [5.74, 6) is 0.771. The lowest BCUT2D eigenvalue weighted by molar-refractivity contribution is 0.626. The van der Waals surface area contributed by atoms with Crippen molar-refractivity contribution in [3.05, 3.63) is 35.2 Å². The molecule has 6 nitrogen and oxygen atoms in total. The minimum absolute atomic E-state index is 0.385. The fourth-order valence-electron chi connectivity index (χ4n) is 2.65. The van der Waals surface area contributed by atoms with E-state index in [-0.39, 0.29) is 0 Å². The van der Waals surface area contributed by atoms with Gasteiger partial charge in [-0.2, -0.15) is 4.80 Å². The third kappa shape index (κ3) is 2.38. The third-order valence-electron chi connectivity index (χ3n) is 3.91. The average Bonchev–Trinajstić information content (AvgIpc) is 3.05. The second-order valence-corrected chi connectivity index (χ2v) is 5.27. The summed E-state index contributed by atoms with van der Waals surface area (Å²) in [6.45, 7) is 3.92. The first-order valence-electron chi connectivity index (χ1n) is 6.95. The summed E-state index contributed by atoms with van der Waals surface area (Å²) in [5.41, 5.74) is 4.05. The zero-order valence-corrected chi connectivity index (χ0v) is 12.2. The quantitative estimate of drug-likeness (QED) is 0.901. The van der Waals surface area contributed by atoms with Crippen molar-refractivity contribution < 1.29 is 0 Å². The molecule has 0 saturated heterocycles. The number of aromatic nitrogens is 4. The topological polar surface area (TPSA) is 58.9 Å². The highest BCUT2D eigenvalue weighted by Crippen LogP contribution is 2.31. The molecule has 6 heteroatoms. The molecule has 1 unspecified atom stereocenters. The van der Waals surface area contributed by atoms with E-state index in [1.54, 1.807) is 7.05 Å². The Bertz CT molecular complexity index is 605. The normalized spacial score (nSPS) is 15.4.